The lowest BCUT2D eigenvalue weighted by Gasteiger charge is -2.22. The van der Waals surface area contributed by atoms with Crippen molar-refractivity contribution in [1.29, 1.82) is 0 Å². The molecule has 0 aliphatic heterocycles. The summed E-state index contributed by atoms with van der Waals surface area (Å²) in [5.41, 5.74) is 2.12. The Labute approximate surface area is 205 Å². The van der Waals surface area contributed by atoms with Gasteiger partial charge in [-0.3, -0.25) is 0 Å². The van der Waals surface area contributed by atoms with Crippen molar-refractivity contribution in [1.82, 2.24) is 0 Å². The molecule has 1 fully saturated rings. The summed E-state index contributed by atoms with van der Waals surface area (Å²) in [4.78, 5) is 0. The van der Waals surface area contributed by atoms with Crippen LogP contribution in [0.5, 0.6) is 0 Å². The highest BCUT2D eigenvalue weighted by atomic mass is 32.2. The third-order valence-corrected chi connectivity index (χ3v) is 6.24. The Morgan fingerprint density at radius 1 is 0.938 bits per heavy atom. The third-order valence-electron chi connectivity index (χ3n) is 5.25. The summed E-state index contributed by atoms with van der Waals surface area (Å²) in [6.45, 7) is 26.7. The van der Waals surface area contributed by atoms with E-state index >= 15 is 0 Å². The largest absolute Gasteiger partial charge is 0.498 e. The first-order valence-electron chi connectivity index (χ1n) is 12.4. The fourth-order valence-corrected chi connectivity index (χ4v) is 2.68. The van der Waals surface area contributed by atoms with Gasteiger partial charge in [-0.15, -0.1) is 6.58 Å². The summed E-state index contributed by atoms with van der Waals surface area (Å²) in [6, 6.07) is 0. The van der Waals surface area contributed by atoms with Crippen molar-refractivity contribution in [2.24, 2.45) is 11.8 Å². The van der Waals surface area contributed by atoms with Crippen molar-refractivity contribution in [3.8, 4) is 0 Å². The molecule has 0 N–H and O–H groups in total. The Bertz CT molecular complexity index is 535. The number of allylic oxidation sites excluding steroid dienone is 7. The van der Waals surface area contributed by atoms with Crippen molar-refractivity contribution in [3.05, 3.63) is 60.9 Å². The molecule has 1 aliphatic rings. The fourth-order valence-electron chi connectivity index (χ4n) is 2.68. The first kappa shape index (κ1) is 35.3. The van der Waals surface area contributed by atoms with E-state index < -0.39 is 0 Å². The van der Waals surface area contributed by atoms with Gasteiger partial charge in [0.1, 0.15) is 5.76 Å². The first-order chi connectivity index (χ1) is 15.1. The fraction of sp³-hybridized carbons (Fsp3) is 0.633. The summed E-state index contributed by atoms with van der Waals surface area (Å²) in [6.07, 6.45) is 19.4. The summed E-state index contributed by atoms with van der Waals surface area (Å²) < 4.78 is 5.37. The van der Waals surface area contributed by atoms with Gasteiger partial charge in [0.25, 0.3) is 0 Å². The van der Waals surface area contributed by atoms with Gasteiger partial charge >= 0.3 is 0 Å². The molecule has 0 aromatic rings. The lowest BCUT2D eigenvalue weighted by atomic mass is 9.84. The molecule has 1 rings (SSSR count). The van der Waals surface area contributed by atoms with Gasteiger partial charge in [-0.25, -0.2) is 0 Å². The zero-order chi connectivity index (χ0) is 25.4. The minimum atomic E-state index is 0.427. The van der Waals surface area contributed by atoms with E-state index in [1.165, 1.54) is 50.7 Å². The highest BCUT2D eigenvalue weighted by molar-refractivity contribution is 8.13. The summed E-state index contributed by atoms with van der Waals surface area (Å²) in [7, 11) is 0.427. The molecular formula is C30H56OS. The van der Waals surface area contributed by atoms with Crippen LogP contribution < -0.4 is 0 Å². The molecule has 1 unspecified atom stereocenters. The molecule has 0 aromatic carbocycles. The Kier molecular flexibility index (Phi) is 28.7. The van der Waals surface area contributed by atoms with E-state index in [1.807, 2.05) is 39.0 Å². The molecule has 188 valence electrons. The molecule has 1 atom stereocenters. The Morgan fingerprint density at radius 2 is 1.41 bits per heavy atom. The van der Waals surface area contributed by atoms with Crippen molar-refractivity contribution in [2.75, 3.05) is 18.6 Å². The number of hydrogen-bond acceptors (Lipinski definition) is 1. The van der Waals surface area contributed by atoms with Gasteiger partial charge in [0.2, 0.25) is 0 Å². The molecule has 1 saturated carbocycles. The van der Waals surface area contributed by atoms with Crippen LogP contribution in [0.2, 0.25) is 0 Å². The van der Waals surface area contributed by atoms with Crippen LogP contribution in [-0.4, -0.2) is 24.5 Å². The normalized spacial score (nSPS) is 19.2. The molecule has 1 aliphatic carbocycles. The van der Waals surface area contributed by atoms with Crippen LogP contribution in [0.4, 0.5) is 0 Å². The molecule has 32 heavy (non-hydrogen) atoms. The zero-order valence-corrected chi connectivity index (χ0v) is 23.8. The molecular weight excluding hydrogens is 408 g/mol. The van der Waals surface area contributed by atoms with Gasteiger partial charge < -0.3 is 4.74 Å². The van der Waals surface area contributed by atoms with E-state index in [0.29, 0.717) is 17.1 Å². The van der Waals surface area contributed by atoms with Gasteiger partial charge in [-0.05, 0) is 57.1 Å². The van der Waals surface area contributed by atoms with Gasteiger partial charge in [-0.2, -0.15) is 10.5 Å². The maximum absolute atomic E-state index is 5.37. The Morgan fingerprint density at radius 3 is 1.66 bits per heavy atom. The van der Waals surface area contributed by atoms with E-state index in [9.17, 15) is 0 Å². The van der Waals surface area contributed by atoms with Crippen molar-refractivity contribution in [2.45, 2.75) is 93.4 Å². The van der Waals surface area contributed by atoms with Crippen LogP contribution in [0, 0.1) is 11.8 Å². The van der Waals surface area contributed by atoms with E-state index in [-0.39, 0.29) is 0 Å². The third kappa shape index (κ3) is 26.8. The monoisotopic (exact) mass is 464 g/mol. The predicted molar refractivity (Wildman–Crippen MR) is 156 cm³/mol. The van der Waals surface area contributed by atoms with Crippen molar-refractivity contribution in [3.63, 3.8) is 0 Å². The topological polar surface area (TPSA) is 9.23 Å². The molecule has 0 amide bonds. The first-order valence-corrected chi connectivity index (χ1v) is 14.4. The second kappa shape index (κ2) is 26.0. The van der Waals surface area contributed by atoms with E-state index in [2.05, 4.69) is 59.6 Å². The number of ether oxygens (including phenoxy) is 1. The maximum Gasteiger partial charge on any atom is 0.100 e. The average molecular weight is 465 g/mol. The van der Waals surface area contributed by atoms with E-state index in [4.69, 9.17) is 4.74 Å². The average Bonchev–Trinajstić information content (AvgIpc) is 2.79. The predicted octanol–water partition coefficient (Wildman–Crippen LogP) is 10.1. The minimum absolute atomic E-state index is 0.427. The second-order valence-electron chi connectivity index (χ2n) is 8.61. The van der Waals surface area contributed by atoms with E-state index in [1.54, 1.807) is 6.08 Å². The molecule has 0 aromatic heterocycles. The van der Waals surface area contributed by atoms with Gasteiger partial charge in [0.05, 0.1) is 6.61 Å². The van der Waals surface area contributed by atoms with E-state index in [0.717, 1.165) is 28.7 Å². The number of unbranched alkanes of at least 4 members (excludes halogenated alkanes) is 2. The zero-order valence-electron chi connectivity index (χ0n) is 23.0. The molecule has 0 spiro atoms. The molecule has 0 saturated heterocycles. The summed E-state index contributed by atoms with van der Waals surface area (Å²) in [5.74, 6) is 7.95. The molecule has 1 nitrogen and oxygen atoms in total. The van der Waals surface area contributed by atoms with Crippen molar-refractivity contribution < 1.29 is 4.74 Å². The summed E-state index contributed by atoms with van der Waals surface area (Å²) >= 11 is 0. The number of hydrogen-bond donors (Lipinski definition) is 0. The SMILES string of the molecule is C=C/C(C)=C\C(C=C)=C(/C)OCC.C=CCCCC.C=S(C)CC.CC1CCC(C)CC1. The number of rotatable bonds is 9. The van der Waals surface area contributed by atoms with Gasteiger partial charge in [0.15, 0.2) is 0 Å². The standard InChI is InChI=1S/C12H18O.C8H16.C6H12.C4H10S/c1-6-10(4)9-12(7-2)11(5)13-8-3;1-7-3-5-8(2)6-4-7;1-3-5-6-4-2;1-4-5(2)3/h6-7,9H,1-2,8H2,3-5H3;7-8H,3-6H2,1-2H3;3H,1,4-6H2,2H3;2,4H2,1,3H3/b10-9-,12-11+;;;. The highest BCUT2D eigenvalue weighted by Crippen LogP contribution is 2.27. The minimum Gasteiger partial charge on any atom is -0.498 e. The molecule has 0 heterocycles. The Hall–Kier alpha value is -1.28. The van der Waals surface area contributed by atoms with Crippen molar-refractivity contribution >= 4 is 16.4 Å². The van der Waals surface area contributed by atoms with Gasteiger partial charge in [0, 0.05) is 5.57 Å². The van der Waals surface area contributed by atoms with Crippen LogP contribution in [0.15, 0.2) is 60.9 Å². The maximum atomic E-state index is 5.37. The molecule has 2 heteroatoms. The van der Waals surface area contributed by atoms with Gasteiger partial charge in [-0.1, -0.05) is 109 Å². The highest BCUT2D eigenvalue weighted by Gasteiger charge is 2.13. The quantitative estimate of drug-likeness (QED) is 0.108. The van der Waals surface area contributed by atoms with Crippen LogP contribution in [0.1, 0.15) is 93.4 Å². The second-order valence-corrected chi connectivity index (χ2v) is 10.7. The van der Waals surface area contributed by atoms with Crippen LogP contribution in [0.25, 0.3) is 0 Å². The van der Waals surface area contributed by atoms with Crippen LogP contribution in [0.3, 0.4) is 0 Å². The summed E-state index contributed by atoms with van der Waals surface area (Å²) in [5, 5.41) is 0. The van der Waals surface area contributed by atoms with Crippen LogP contribution in [-0.2, 0) is 4.74 Å². The lowest BCUT2D eigenvalue weighted by molar-refractivity contribution is 0.229. The lowest BCUT2D eigenvalue weighted by Crippen LogP contribution is -2.08. The molecule has 0 radical (unpaired) electrons. The Balaban J connectivity index is -0.000000379. The van der Waals surface area contributed by atoms with Crippen LogP contribution >= 0.6 is 10.5 Å². The molecule has 0 bridgehead atoms. The smallest absolute Gasteiger partial charge is 0.100 e.